The fourth-order valence-corrected chi connectivity index (χ4v) is 3.34. The zero-order valence-electron chi connectivity index (χ0n) is 16.5. The Morgan fingerprint density at radius 3 is 2.13 bits per heavy atom. The van der Waals surface area contributed by atoms with Gasteiger partial charge in [-0.2, -0.15) is 0 Å². The maximum absolute atomic E-state index is 12.9. The second-order valence-corrected chi connectivity index (χ2v) is 8.86. The summed E-state index contributed by atoms with van der Waals surface area (Å²) in [5.74, 6) is -0.922. The van der Waals surface area contributed by atoms with E-state index in [1.54, 1.807) is 24.3 Å². The van der Waals surface area contributed by atoms with E-state index in [2.05, 4.69) is 20.7 Å². The van der Waals surface area contributed by atoms with Gasteiger partial charge in [-0.15, -0.1) is 0 Å². The van der Waals surface area contributed by atoms with Crippen LogP contribution in [0.3, 0.4) is 0 Å². The molecule has 4 N–H and O–H groups in total. The van der Waals surface area contributed by atoms with Crippen LogP contribution in [0.5, 0.6) is 0 Å². The summed E-state index contributed by atoms with van der Waals surface area (Å²) < 4.78 is 25.6. The van der Waals surface area contributed by atoms with Gasteiger partial charge in [0.05, 0.1) is 17.5 Å². The summed E-state index contributed by atoms with van der Waals surface area (Å²) in [4.78, 5) is 36.1. The van der Waals surface area contributed by atoms with E-state index in [1.807, 2.05) is 0 Å². The van der Waals surface area contributed by atoms with Gasteiger partial charge < -0.3 is 16.0 Å². The van der Waals surface area contributed by atoms with Crippen molar-refractivity contribution in [2.45, 2.75) is 19.8 Å². The van der Waals surface area contributed by atoms with E-state index in [1.165, 1.54) is 25.1 Å². The largest absolute Gasteiger partial charge is 0.326 e. The summed E-state index contributed by atoms with van der Waals surface area (Å²) in [7, 11) is -3.63. The lowest BCUT2D eigenvalue weighted by Crippen LogP contribution is -2.18. The predicted octanol–water partition coefficient (Wildman–Crippen LogP) is 2.62. The molecule has 0 unspecified atom stereocenters. The van der Waals surface area contributed by atoms with Crippen LogP contribution in [0.1, 0.15) is 30.1 Å². The molecule has 2 aromatic rings. The minimum Gasteiger partial charge on any atom is -0.326 e. The lowest BCUT2D eigenvalue weighted by molar-refractivity contribution is -0.117. The number of carbonyl (C=O) groups excluding carboxylic acids is 3. The highest BCUT2D eigenvalue weighted by molar-refractivity contribution is 7.92. The second kappa shape index (κ2) is 8.54. The van der Waals surface area contributed by atoms with Gasteiger partial charge >= 0.3 is 0 Å². The van der Waals surface area contributed by atoms with Crippen molar-refractivity contribution in [3.63, 3.8) is 0 Å². The van der Waals surface area contributed by atoms with Crippen LogP contribution in [0.15, 0.2) is 42.5 Å². The third-order valence-electron chi connectivity index (χ3n) is 4.22. The Kier molecular flexibility index (Phi) is 6.06. The molecule has 0 radical (unpaired) electrons. The highest BCUT2D eigenvalue weighted by Crippen LogP contribution is 2.30. The Labute approximate surface area is 174 Å². The van der Waals surface area contributed by atoms with Gasteiger partial charge in [0.1, 0.15) is 0 Å². The zero-order valence-corrected chi connectivity index (χ0v) is 17.3. The van der Waals surface area contributed by atoms with E-state index in [-0.39, 0.29) is 29.0 Å². The molecule has 158 valence electrons. The summed E-state index contributed by atoms with van der Waals surface area (Å²) in [6.07, 6.45) is 2.73. The van der Waals surface area contributed by atoms with Gasteiger partial charge in [0, 0.05) is 29.9 Å². The van der Waals surface area contributed by atoms with Gasteiger partial charge in [0.15, 0.2) is 0 Å². The molecular weight excluding hydrogens is 408 g/mol. The van der Waals surface area contributed by atoms with Crippen LogP contribution in [0.2, 0.25) is 0 Å². The molecule has 3 rings (SSSR count). The van der Waals surface area contributed by atoms with E-state index in [9.17, 15) is 22.8 Å². The van der Waals surface area contributed by atoms with E-state index in [0.29, 0.717) is 17.1 Å². The number of carbonyl (C=O) groups is 3. The van der Waals surface area contributed by atoms with Crippen molar-refractivity contribution in [2.75, 3.05) is 26.9 Å². The number of nitrogens with one attached hydrogen (secondary N) is 4. The standard InChI is InChI=1S/C20H22N4O5S/c1-12(25)21-16-8-9-18(24-30(2,28)29)17(11-16)20(27)23-15-5-3-4-14(10-15)22-19(26)13-6-7-13/h3-5,8-11,13,24H,6-7H2,1-2H3,(H,21,25)(H,22,26)(H,23,27). The Balaban J connectivity index is 1.83. The van der Waals surface area contributed by atoms with Gasteiger partial charge in [0.2, 0.25) is 21.8 Å². The highest BCUT2D eigenvalue weighted by atomic mass is 32.2. The molecule has 3 amide bonds. The average Bonchev–Trinajstić information content (AvgIpc) is 3.47. The summed E-state index contributed by atoms with van der Waals surface area (Å²) >= 11 is 0. The van der Waals surface area contributed by atoms with E-state index >= 15 is 0 Å². The number of amides is 3. The van der Waals surface area contributed by atoms with E-state index < -0.39 is 15.9 Å². The van der Waals surface area contributed by atoms with Gasteiger partial charge in [0.25, 0.3) is 5.91 Å². The first-order valence-electron chi connectivity index (χ1n) is 9.22. The Morgan fingerprint density at radius 2 is 1.53 bits per heavy atom. The first kappa shape index (κ1) is 21.3. The first-order valence-corrected chi connectivity index (χ1v) is 11.1. The Hall–Kier alpha value is -3.40. The van der Waals surface area contributed by atoms with Gasteiger partial charge in [-0.25, -0.2) is 8.42 Å². The molecule has 0 atom stereocenters. The molecule has 0 aliphatic heterocycles. The monoisotopic (exact) mass is 430 g/mol. The molecule has 1 aliphatic carbocycles. The van der Waals surface area contributed by atoms with Crippen molar-refractivity contribution in [3.05, 3.63) is 48.0 Å². The quantitative estimate of drug-likeness (QED) is 0.536. The third-order valence-corrected chi connectivity index (χ3v) is 4.81. The van der Waals surface area contributed by atoms with Crippen molar-refractivity contribution in [2.24, 2.45) is 5.92 Å². The minimum absolute atomic E-state index is 0.0269. The number of hydrogen-bond acceptors (Lipinski definition) is 5. The topological polar surface area (TPSA) is 133 Å². The normalized spacial score (nSPS) is 13.3. The number of sulfonamides is 1. The third kappa shape index (κ3) is 6.05. The molecule has 9 nitrogen and oxygen atoms in total. The van der Waals surface area contributed by atoms with Crippen LogP contribution in [-0.2, 0) is 19.6 Å². The molecule has 30 heavy (non-hydrogen) atoms. The van der Waals surface area contributed by atoms with Gasteiger partial charge in [-0.3, -0.25) is 19.1 Å². The molecule has 0 aromatic heterocycles. The number of rotatable bonds is 7. The van der Waals surface area contributed by atoms with Crippen molar-refractivity contribution < 1.29 is 22.8 Å². The smallest absolute Gasteiger partial charge is 0.257 e. The highest BCUT2D eigenvalue weighted by Gasteiger charge is 2.29. The Morgan fingerprint density at radius 1 is 0.900 bits per heavy atom. The summed E-state index contributed by atoms with van der Waals surface area (Å²) in [5.41, 5.74) is 1.41. The lowest BCUT2D eigenvalue weighted by atomic mass is 10.1. The van der Waals surface area contributed by atoms with Crippen LogP contribution < -0.4 is 20.7 Å². The van der Waals surface area contributed by atoms with Crippen molar-refractivity contribution in [1.82, 2.24) is 0 Å². The Bertz CT molecular complexity index is 1110. The summed E-state index contributed by atoms with van der Waals surface area (Å²) in [5, 5.41) is 8.04. The SMILES string of the molecule is CC(=O)Nc1ccc(NS(C)(=O)=O)c(C(=O)Nc2cccc(NC(=O)C3CC3)c2)c1. The molecule has 1 aliphatic rings. The van der Waals surface area contributed by atoms with Crippen LogP contribution in [0, 0.1) is 5.92 Å². The summed E-state index contributed by atoms with van der Waals surface area (Å²) in [6, 6.07) is 10.9. The molecule has 0 spiro atoms. The van der Waals surface area contributed by atoms with Crippen LogP contribution in [-0.4, -0.2) is 32.4 Å². The molecule has 2 aromatic carbocycles. The van der Waals surface area contributed by atoms with Crippen LogP contribution in [0.25, 0.3) is 0 Å². The molecule has 0 bridgehead atoms. The average molecular weight is 430 g/mol. The van der Waals surface area contributed by atoms with Crippen molar-refractivity contribution in [3.8, 4) is 0 Å². The van der Waals surface area contributed by atoms with Gasteiger partial charge in [-0.05, 0) is 49.2 Å². The second-order valence-electron chi connectivity index (χ2n) is 7.11. The molecule has 1 saturated carbocycles. The number of benzene rings is 2. The first-order chi connectivity index (χ1) is 14.1. The molecule has 1 fully saturated rings. The molecule has 10 heteroatoms. The van der Waals surface area contributed by atoms with Crippen LogP contribution in [0.4, 0.5) is 22.7 Å². The minimum atomic E-state index is -3.63. The van der Waals surface area contributed by atoms with Crippen molar-refractivity contribution in [1.29, 1.82) is 0 Å². The van der Waals surface area contributed by atoms with Crippen molar-refractivity contribution >= 4 is 50.5 Å². The van der Waals surface area contributed by atoms with Gasteiger partial charge in [-0.1, -0.05) is 6.07 Å². The molecular formula is C20H22N4O5S. The zero-order chi connectivity index (χ0) is 21.9. The maximum atomic E-state index is 12.9. The predicted molar refractivity (Wildman–Crippen MR) is 115 cm³/mol. The maximum Gasteiger partial charge on any atom is 0.257 e. The van der Waals surface area contributed by atoms with Crippen LogP contribution >= 0.6 is 0 Å². The molecule has 0 heterocycles. The van der Waals surface area contributed by atoms with E-state index in [0.717, 1.165) is 19.1 Å². The summed E-state index contributed by atoms with van der Waals surface area (Å²) in [6.45, 7) is 1.32. The number of anilines is 4. The fourth-order valence-electron chi connectivity index (χ4n) is 2.76. The van der Waals surface area contributed by atoms with E-state index in [4.69, 9.17) is 0 Å². The lowest BCUT2D eigenvalue weighted by Gasteiger charge is -2.14. The molecule has 0 saturated heterocycles. The number of hydrogen-bond donors (Lipinski definition) is 4. The fraction of sp³-hybridized carbons (Fsp3) is 0.250.